The van der Waals surface area contributed by atoms with Gasteiger partial charge in [-0.05, 0) is 24.0 Å². The van der Waals surface area contributed by atoms with E-state index < -0.39 is 23.6 Å². The molecule has 0 unspecified atom stereocenters. The fourth-order valence-electron chi connectivity index (χ4n) is 3.47. The Morgan fingerprint density at radius 3 is 2.46 bits per heavy atom. The maximum absolute atomic E-state index is 12.9. The minimum absolute atomic E-state index is 0.0964. The molecule has 1 heterocycles. The second kappa shape index (κ2) is 7.74. The van der Waals surface area contributed by atoms with Crippen LogP contribution < -0.4 is 10.6 Å². The molecule has 0 aliphatic heterocycles. The molecule has 28 heavy (non-hydrogen) atoms. The molecular formula is C21H22N2O5. The predicted molar refractivity (Wildman–Crippen MR) is 101 cm³/mol. The van der Waals surface area contributed by atoms with Gasteiger partial charge in [-0.1, -0.05) is 44.2 Å². The number of carbonyl (C=O) groups is 2. The van der Waals surface area contributed by atoms with Crippen LogP contribution in [0.3, 0.4) is 0 Å². The number of carbonyl (C=O) groups excluding carboxylic acids is 2. The number of furan rings is 1. The molecule has 1 aliphatic rings. The van der Waals surface area contributed by atoms with Crippen LogP contribution in [0.1, 0.15) is 37.2 Å². The first-order valence-corrected chi connectivity index (χ1v) is 9.06. The van der Waals surface area contributed by atoms with Crippen molar-refractivity contribution in [3.05, 3.63) is 65.1 Å². The van der Waals surface area contributed by atoms with Gasteiger partial charge in [0.2, 0.25) is 5.91 Å². The van der Waals surface area contributed by atoms with Gasteiger partial charge in [0.1, 0.15) is 17.7 Å². The van der Waals surface area contributed by atoms with Crippen molar-refractivity contribution in [3.8, 4) is 0 Å². The monoisotopic (exact) mass is 382 g/mol. The summed E-state index contributed by atoms with van der Waals surface area (Å²) in [5.41, 5.74) is 0.750. The number of amides is 2. The van der Waals surface area contributed by atoms with Gasteiger partial charge in [0.25, 0.3) is 0 Å². The Labute approximate surface area is 162 Å². The van der Waals surface area contributed by atoms with Gasteiger partial charge >= 0.3 is 6.09 Å². The van der Waals surface area contributed by atoms with E-state index in [9.17, 15) is 14.4 Å². The molecule has 1 aromatic carbocycles. The highest BCUT2D eigenvalue weighted by Gasteiger charge is 2.59. The Morgan fingerprint density at radius 1 is 1.21 bits per heavy atom. The van der Waals surface area contributed by atoms with Crippen LogP contribution in [0, 0.1) is 5.92 Å². The van der Waals surface area contributed by atoms with Gasteiger partial charge in [-0.25, -0.2) is 9.59 Å². The predicted octanol–water partition coefficient (Wildman–Crippen LogP) is 2.64. The molecule has 0 fully saturated rings. The van der Waals surface area contributed by atoms with E-state index in [1.807, 2.05) is 50.1 Å². The van der Waals surface area contributed by atoms with Crippen molar-refractivity contribution < 1.29 is 23.9 Å². The summed E-state index contributed by atoms with van der Waals surface area (Å²) in [7, 11) is 0. The van der Waals surface area contributed by atoms with Gasteiger partial charge in [-0.15, -0.1) is 0 Å². The fraction of sp³-hybridized carbons (Fsp3) is 0.333. The zero-order valence-electron chi connectivity index (χ0n) is 15.7. The van der Waals surface area contributed by atoms with E-state index >= 15 is 0 Å². The molecule has 2 amide bonds. The van der Waals surface area contributed by atoms with Crippen molar-refractivity contribution in [2.24, 2.45) is 5.92 Å². The molecule has 1 aromatic heterocycles. The van der Waals surface area contributed by atoms with Crippen LogP contribution in [0.15, 0.2) is 52.7 Å². The van der Waals surface area contributed by atoms with E-state index in [1.165, 1.54) is 6.26 Å². The Balaban J connectivity index is 1.86. The molecule has 7 nitrogen and oxygen atoms in total. The Kier molecular flexibility index (Phi) is 5.38. The number of fused-ring (bicyclic) bond motifs is 1. The first-order valence-electron chi connectivity index (χ1n) is 9.06. The standard InChI is InChI=1S/C21H22N2O5/c1-13(2)10-17(22-20(26)27)19(25)23-21(16-8-9-28-18(16)21)15(12-24)11-14-6-4-3-5-7-14/h3-9,13,17,22H,10-11H2,1-2H3,(H,23,25)(H,26,27)/t17-,21+/m0/s1. The summed E-state index contributed by atoms with van der Waals surface area (Å²) < 4.78 is 5.45. The van der Waals surface area contributed by atoms with Crippen LogP contribution in [0.2, 0.25) is 0 Å². The topological polar surface area (TPSA) is 109 Å². The van der Waals surface area contributed by atoms with Crippen LogP contribution >= 0.6 is 0 Å². The first kappa shape index (κ1) is 19.5. The maximum Gasteiger partial charge on any atom is 0.405 e. The third-order valence-electron chi connectivity index (χ3n) is 4.78. The van der Waals surface area contributed by atoms with Crippen LogP contribution in [0.5, 0.6) is 0 Å². The molecule has 0 saturated carbocycles. The lowest BCUT2D eigenvalue weighted by atomic mass is 9.94. The number of nitrogens with one attached hydrogen (secondary N) is 2. The largest absolute Gasteiger partial charge is 0.466 e. The second-order valence-corrected chi connectivity index (χ2v) is 7.28. The van der Waals surface area contributed by atoms with E-state index in [4.69, 9.17) is 9.52 Å². The minimum atomic E-state index is -1.28. The van der Waals surface area contributed by atoms with Crippen LogP contribution in [0.25, 0.3) is 0 Å². The SMILES string of the molecule is CC(C)C[C@H](NC(=O)O)C(=O)N[C@]1(C(=C=O)Cc2ccccc2)c2ccoc21. The molecule has 2 atom stereocenters. The molecule has 3 N–H and O–H groups in total. The summed E-state index contributed by atoms with van der Waals surface area (Å²) in [6, 6.07) is 10.1. The van der Waals surface area contributed by atoms with Gasteiger partial charge in [-0.2, -0.15) is 0 Å². The average Bonchev–Trinajstić information content (AvgIpc) is 3.01. The van der Waals surface area contributed by atoms with Gasteiger partial charge in [0, 0.05) is 12.0 Å². The van der Waals surface area contributed by atoms with E-state index in [1.54, 1.807) is 6.07 Å². The lowest BCUT2D eigenvalue weighted by Gasteiger charge is -2.24. The molecule has 146 valence electrons. The average molecular weight is 382 g/mol. The number of rotatable bonds is 8. The lowest BCUT2D eigenvalue weighted by molar-refractivity contribution is -0.124. The Hall–Kier alpha value is -3.31. The highest BCUT2D eigenvalue weighted by atomic mass is 16.4. The first-order chi connectivity index (χ1) is 13.4. The number of hydrogen-bond donors (Lipinski definition) is 3. The second-order valence-electron chi connectivity index (χ2n) is 7.28. The molecule has 1 aliphatic carbocycles. The molecular weight excluding hydrogens is 360 g/mol. The molecule has 0 radical (unpaired) electrons. The van der Waals surface area contributed by atoms with Crippen molar-refractivity contribution in [2.75, 3.05) is 0 Å². The summed E-state index contributed by atoms with van der Waals surface area (Å²) in [5.74, 6) is 2.03. The van der Waals surface area contributed by atoms with Crippen molar-refractivity contribution in [1.29, 1.82) is 0 Å². The maximum atomic E-state index is 12.9. The lowest BCUT2D eigenvalue weighted by Crippen LogP contribution is -2.51. The van der Waals surface area contributed by atoms with Crippen molar-refractivity contribution >= 4 is 17.9 Å². The zero-order valence-corrected chi connectivity index (χ0v) is 15.7. The Morgan fingerprint density at radius 2 is 1.93 bits per heavy atom. The number of benzene rings is 1. The summed E-state index contributed by atoms with van der Waals surface area (Å²) in [6.45, 7) is 3.79. The highest BCUT2D eigenvalue weighted by molar-refractivity contribution is 5.89. The summed E-state index contributed by atoms with van der Waals surface area (Å²) in [6.07, 6.45) is 0.823. The van der Waals surface area contributed by atoms with Crippen LogP contribution in [0.4, 0.5) is 4.79 Å². The van der Waals surface area contributed by atoms with Gasteiger partial charge in [0.05, 0.1) is 11.8 Å². The third kappa shape index (κ3) is 3.70. The van der Waals surface area contributed by atoms with Crippen molar-refractivity contribution in [3.63, 3.8) is 0 Å². The smallest absolute Gasteiger partial charge is 0.405 e. The summed E-state index contributed by atoms with van der Waals surface area (Å²) in [4.78, 5) is 35.8. The van der Waals surface area contributed by atoms with Gasteiger partial charge in [-0.3, -0.25) is 4.79 Å². The number of hydrogen-bond acceptors (Lipinski definition) is 4. The quantitative estimate of drug-likeness (QED) is 0.608. The molecule has 0 saturated heterocycles. The highest BCUT2D eigenvalue weighted by Crippen LogP contribution is 2.53. The normalized spacial score (nSPS) is 18.0. The third-order valence-corrected chi connectivity index (χ3v) is 4.78. The van der Waals surface area contributed by atoms with E-state index in [0.29, 0.717) is 23.3 Å². The van der Waals surface area contributed by atoms with E-state index in [0.717, 1.165) is 5.56 Å². The summed E-state index contributed by atoms with van der Waals surface area (Å²) in [5, 5.41) is 14.2. The molecule has 0 spiro atoms. The number of carboxylic acid groups (broad SMARTS) is 1. The van der Waals surface area contributed by atoms with E-state index in [2.05, 4.69) is 10.6 Å². The Bertz CT molecular complexity index is 907. The molecule has 7 heteroatoms. The van der Waals surface area contributed by atoms with Gasteiger partial charge < -0.3 is 20.2 Å². The van der Waals surface area contributed by atoms with E-state index in [-0.39, 0.29) is 12.3 Å². The summed E-state index contributed by atoms with van der Waals surface area (Å²) >= 11 is 0. The zero-order chi connectivity index (χ0) is 20.3. The van der Waals surface area contributed by atoms with Crippen LogP contribution in [-0.2, 0) is 21.5 Å². The minimum Gasteiger partial charge on any atom is -0.466 e. The van der Waals surface area contributed by atoms with Crippen molar-refractivity contribution in [1.82, 2.24) is 10.6 Å². The van der Waals surface area contributed by atoms with Gasteiger partial charge in [0.15, 0.2) is 5.54 Å². The fourth-order valence-corrected chi connectivity index (χ4v) is 3.47. The molecule has 2 aromatic rings. The van der Waals surface area contributed by atoms with Crippen molar-refractivity contribution in [2.45, 2.75) is 38.3 Å². The van der Waals surface area contributed by atoms with Crippen LogP contribution in [-0.4, -0.2) is 29.1 Å². The molecule has 0 bridgehead atoms. The molecule has 3 rings (SSSR count).